The van der Waals surface area contributed by atoms with Gasteiger partial charge in [0.25, 0.3) is 0 Å². The van der Waals surface area contributed by atoms with Crippen molar-refractivity contribution in [2.45, 2.75) is 0 Å². The Morgan fingerprint density at radius 1 is 0.353 bits per heavy atom. The molecule has 0 aliphatic rings. The van der Waals surface area contributed by atoms with E-state index in [2.05, 4.69) is 146 Å². The molecule has 0 bridgehead atoms. The van der Waals surface area contributed by atoms with Gasteiger partial charge in [-0.1, -0.05) is 164 Å². The summed E-state index contributed by atoms with van der Waals surface area (Å²) in [7, 11) is 0. The van der Waals surface area contributed by atoms with E-state index in [9.17, 15) is 0 Å². The molecule has 3 nitrogen and oxygen atoms in total. The predicted molar refractivity (Wildman–Crippen MR) is 212 cm³/mol. The van der Waals surface area contributed by atoms with Crippen LogP contribution >= 0.6 is 0 Å². The third-order valence-electron chi connectivity index (χ3n) is 9.88. The minimum absolute atomic E-state index is 0.689. The maximum Gasteiger partial charge on any atom is 0.160 e. The van der Waals surface area contributed by atoms with Crippen LogP contribution in [0.1, 0.15) is 0 Å². The third kappa shape index (κ3) is 4.98. The van der Waals surface area contributed by atoms with Gasteiger partial charge in [-0.05, 0) is 56.3 Å². The highest BCUT2D eigenvalue weighted by Gasteiger charge is 2.21. The van der Waals surface area contributed by atoms with Crippen molar-refractivity contribution in [3.63, 3.8) is 0 Å². The van der Waals surface area contributed by atoms with E-state index in [0.717, 1.165) is 55.8 Å². The third-order valence-corrected chi connectivity index (χ3v) is 9.88. The van der Waals surface area contributed by atoms with E-state index in [-0.39, 0.29) is 0 Å². The lowest BCUT2D eigenvalue weighted by Gasteiger charge is -2.19. The van der Waals surface area contributed by atoms with E-state index in [4.69, 9.17) is 14.4 Å². The SMILES string of the molecule is c1ccc(-c2nc(-c3ccc(-c4cc5ccccc5o4)cc3)cc(-c3c4ccccc4c(-c4ccccc4)c4ccc5ccccc5c34)n2)cc1. The Morgan fingerprint density at radius 2 is 0.941 bits per heavy atom. The van der Waals surface area contributed by atoms with Gasteiger partial charge in [0.15, 0.2) is 5.82 Å². The van der Waals surface area contributed by atoms with Crippen molar-refractivity contribution in [1.82, 2.24) is 9.97 Å². The lowest BCUT2D eigenvalue weighted by molar-refractivity contribution is 0.631. The average molecular weight is 651 g/mol. The fraction of sp³-hybridized carbons (Fsp3) is 0. The number of para-hydroxylation sites is 1. The normalized spacial score (nSPS) is 11.5. The van der Waals surface area contributed by atoms with Crippen LogP contribution in [0.15, 0.2) is 186 Å². The Morgan fingerprint density at radius 3 is 1.69 bits per heavy atom. The quantitative estimate of drug-likeness (QED) is 0.137. The van der Waals surface area contributed by atoms with Crippen molar-refractivity contribution in [2.75, 3.05) is 0 Å². The van der Waals surface area contributed by atoms with E-state index in [1.54, 1.807) is 0 Å². The molecule has 2 aromatic heterocycles. The first-order valence-electron chi connectivity index (χ1n) is 17.2. The van der Waals surface area contributed by atoms with Crippen molar-refractivity contribution in [1.29, 1.82) is 0 Å². The first-order chi connectivity index (χ1) is 25.3. The molecule has 10 aromatic rings. The van der Waals surface area contributed by atoms with Crippen molar-refractivity contribution < 1.29 is 4.42 Å². The number of hydrogen-bond acceptors (Lipinski definition) is 3. The molecule has 0 saturated heterocycles. The Labute approximate surface area is 295 Å². The maximum atomic E-state index is 6.19. The number of furan rings is 1. The molecule has 0 N–H and O–H groups in total. The smallest absolute Gasteiger partial charge is 0.160 e. The molecule has 238 valence electrons. The summed E-state index contributed by atoms with van der Waals surface area (Å²) in [6, 6.07) is 63.8. The number of rotatable bonds is 5. The molecule has 10 rings (SSSR count). The molecular weight excluding hydrogens is 621 g/mol. The van der Waals surface area contributed by atoms with Crippen molar-refractivity contribution in [3.05, 3.63) is 182 Å². The van der Waals surface area contributed by atoms with Gasteiger partial charge in [0.2, 0.25) is 0 Å². The van der Waals surface area contributed by atoms with Gasteiger partial charge >= 0.3 is 0 Å². The number of nitrogens with zero attached hydrogens (tertiary/aromatic N) is 2. The fourth-order valence-corrected chi connectivity index (χ4v) is 7.50. The second-order valence-corrected chi connectivity index (χ2v) is 12.9. The van der Waals surface area contributed by atoms with Gasteiger partial charge in [-0.15, -0.1) is 0 Å². The van der Waals surface area contributed by atoms with Gasteiger partial charge in [0.1, 0.15) is 11.3 Å². The van der Waals surface area contributed by atoms with Gasteiger partial charge in [0.05, 0.1) is 11.4 Å². The van der Waals surface area contributed by atoms with E-state index >= 15 is 0 Å². The van der Waals surface area contributed by atoms with Crippen LogP contribution in [0.3, 0.4) is 0 Å². The maximum absolute atomic E-state index is 6.19. The first kappa shape index (κ1) is 29.1. The van der Waals surface area contributed by atoms with Crippen LogP contribution in [0.2, 0.25) is 0 Å². The lowest BCUT2D eigenvalue weighted by atomic mass is 9.85. The summed E-state index contributed by atoms with van der Waals surface area (Å²) >= 11 is 0. The average Bonchev–Trinajstić information content (AvgIpc) is 3.65. The fourth-order valence-electron chi connectivity index (χ4n) is 7.50. The van der Waals surface area contributed by atoms with Crippen LogP contribution in [0, 0.1) is 0 Å². The highest BCUT2D eigenvalue weighted by atomic mass is 16.3. The molecule has 0 radical (unpaired) electrons. The van der Waals surface area contributed by atoms with Gasteiger partial charge < -0.3 is 4.42 Å². The van der Waals surface area contributed by atoms with Crippen LogP contribution in [0.4, 0.5) is 0 Å². The number of aromatic nitrogens is 2. The minimum atomic E-state index is 0.689. The van der Waals surface area contributed by atoms with Gasteiger partial charge in [-0.25, -0.2) is 9.97 Å². The summed E-state index contributed by atoms with van der Waals surface area (Å²) < 4.78 is 6.19. The van der Waals surface area contributed by atoms with Gasteiger partial charge in [-0.2, -0.15) is 0 Å². The zero-order valence-corrected chi connectivity index (χ0v) is 27.6. The molecule has 0 unspecified atom stereocenters. The Bertz CT molecular complexity index is 2860. The van der Waals surface area contributed by atoms with E-state index < -0.39 is 0 Å². The molecule has 0 amide bonds. The number of hydrogen-bond donors (Lipinski definition) is 0. The largest absolute Gasteiger partial charge is 0.456 e. The Hall–Kier alpha value is -6.84. The zero-order chi connectivity index (χ0) is 33.7. The first-order valence-corrected chi connectivity index (χ1v) is 17.2. The molecule has 0 aliphatic heterocycles. The minimum Gasteiger partial charge on any atom is -0.456 e. The molecule has 0 spiro atoms. The molecule has 2 heterocycles. The highest BCUT2D eigenvalue weighted by molar-refractivity contribution is 6.27. The summed E-state index contributed by atoms with van der Waals surface area (Å²) in [5.74, 6) is 1.54. The van der Waals surface area contributed by atoms with Crippen LogP contribution in [-0.2, 0) is 0 Å². The molecule has 0 aliphatic carbocycles. The van der Waals surface area contributed by atoms with Crippen LogP contribution < -0.4 is 0 Å². The summed E-state index contributed by atoms with van der Waals surface area (Å²) in [5, 5.41) is 8.22. The molecule has 0 atom stereocenters. The highest BCUT2D eigenvalue weighted by Crippen LogP contribution is 2.46. The molecule has 8 aromatic carbocycles. The van der Waals surface area contributed by atoms with E-state index in [0.29, 0.717) is 5.82 Å². The Kier molecular flexibility index (Phi) is 6.81. The second kappa shape index (κ2) is 11.9. The lowest BCUT2D eigenvalue weighted by Crippen LogP contribution is -1.98. The standard InChI is InChI=1S/C48H30N2O/c1-3-14-34(15-4-1)45-38-20-10-11-21-39(38)47(46-37-19-9-7-13-31(37)27-28-40(45)46)42-30-41(49-48(50-42)35-16-5-2-6-17-35)32-23-25-33(26-24-32)44-29-36-18-8-12-22-43(36)51-44/h1-30H. The summed E-state index contributed by atoms with van der Waals surface area (Å²) in [4.78, 5) is 10.6. The van der Waals surface area contributed by atoms with Crippen LogP contribution in [0.25, 0.3) is 99.6 Å². The van der Waals surface area contributed by atoms with E-state index in [1.165, 1.54) is 38.1 Å². The van der Waals surface area contributed by atoms with E-state index in [1.807, 2.05) is 36.4 Å². The molecule has 0 fully saturated rings. The number of fused-ring (bicyclic) bond motifs is 5. The molecule has 3 heteroatoms. The monoisotopic (exact) mass is 650 g/mol. The zero-order valence-electron chi connectivity index (χ0n) is 27.6. The van der Waals surface area contributed by atoms with Crippen molar-refractivity contribution in [2.24, 2.45) is 0 Å². The molecule has 51 heavy (non-hydrogen) atoms. The number of benzene rings is 8. The van der Waals surface area contributed by atoms with Gasteiger partial charge in [-0.3, -0.25) is 0 Å². The molecular formula is C48H30N2O. The summed E-state index contributed by atoms with van der Waals surface area (Å²) in [6.07, 6.45) is 0. The van der Waals surface area contributed by atoms with Crippen molar-refractivity contribution in [3.8, 4) is 56.4 Å². The van der Waals surface area contributed by atoms with Crippen molar-refractivity contribution >= 4 is 43.3 Å². The summed E-state index contributed by atoms with van der Waals surface area (Å²) in [5.41, 5.74) is 9.16. The summed E-state index contributed by atoms with van der Waals surface area (Å²) in [6.45, 7) is 0. The van der Waals surface area contributed by atoms with Gasteiger partial charge in [0, 0.05) is 33.0 Å². The second-order valence-electron chi connectivity index (χ2n) is 12.9. The Balaban J connectivity index is 1.25. The topological polar surface area (TPSA) is 38.9 Å². The van der Waals surface area contributed by atoms with Crippen LogP contribution in [0.5, 0.6) is 0 Å². The predicted octanol–water partition coefficient (Wildman–Crippen LogP) is 13.0. The molecule has 0 saturated carbocycles. The van der Waals surface area contributed by atoms with Crippen LogP contribution in [-0.4, -0.2) is 9.97 Å².